The van der Waals surface area contributed by atoms with Crippen LogP contribution in [-0.4, -0.2) is 6.26 Å². The van der Waals surface area contributed by atoms with Crippen LogP contribution in [0, 0.1) is 0 Å². The van der Waals surface area contributed by atoms with Crippen molar-refractivity contribution in [2.45, 2.75) is 17.1 Å². The molecule has 2 N–H and O–H groups in total. The van der Waals surface area contributed by atoms with Gasteiger partial charge in [-0.25, -0.2) is 0 Å². The van der Waals surface area contributed by atoms with Gasteiger partial charge in [-0.1, -0.05) is 30.3 Å². The summed E-state index contributed by atoms with van der Waals surface area (Å²) in [6.07, 6.45) is -2.38. The molecule has 2 rings (SSSR count). The second-order valence-corrected chi connectivity index (χ2v) is 5.19. The minimum absolute atomic E-state index is 0.430. The minimum atomic E-state index is -4.32. The Morgan fingerprint density at radius 1 is 1.00 bits per heavy atom. The summed E-state index contributed by atoms with van der Waals surface area (Å²) in [6, 6.07) is 12.2. The van der Waals surface area contributed by atoms with Gasteiger partial charge in [0.25, 0.3) is 0 Å². The van der Waals surface area contributed by atoms with Gasteiger partial charge in [-0.15, -0.1) is 11.8 Å². The molecule has 0 fully saturated rings. The highest BCUT2D eigenvalue weighted by Gasteiger charge is 2.30. The maximum atomic E-state index is 12.5. The molecule has 1 nitrogen and oxygen atoms in total. The first-order valence-corrected chi connectivity index (χ1v) is 7.21. The van der Waals surface area contributed by atoms with Crippen molar-refractivity contribution in [1.29, 1.82) is 0 Å². The summed E-state index contributed by atoms with van der Waals surface area (Å²) in [5, 5.41) is 0. The van der Waals surface area contributed by atoms with Crippen LogP contribution in [0.15, 0.2) is 53.4 Å². The molecule has 1 unspecified atom stereocenters. The standard InChI is InChI=1S/C15H14F3NS/c1-20-13-5-3-2-4-12(13)14(19)10-6-8-11(9-7-10)15(16,17)18/h2-9,14H,19H2,1H3. The summed E-state index contributed by atoms with van der Waals surface area (Å²) in [4.78, 5) is 1.03. The third-order valence-electron chi connectivity index (χ3n) is 3.07. The number of halogens is 3. The van der Waals surface area contributed by atoms with Crippen LogP contribution in [0.4, 0.5) is 13.2 Å². The van der Waals surface area contributed by atoms with E-state index in [0.29, 0.717) is 5.56 Å². The fourth-order valence-electron chi connectivity index (χ4n) is 1.98. The van der Waals surface area contributed by atoms with Crippen LogP contribution in [0.2, 0.25) is 0 Å². The zero-order valence-electron chi connectivity index (χ0n) is 10.8. The van der Waals surface area contributed by atoms with Crippen molar-refractivity contribution in [1.82, 2.24) is 0 Å². The molecule has 20 heavy (non-hydrogen) atoms. The predicted octanol–water partition coefficient (Wildman–Crippen LogP) is 4.48. The molecule has 0 radical (unpaired) electrons. The Morgan fingerprint density at radius 2 is 1.60 bits per heavy atom. The molecular formula is C15H14F3NS. The topological polar surface area (TPSA) is 26.0 Å². The predicted molar refractivity (Wildman–Crippen MR) is 75.7 cm³/mol. The average molecular weight is 297 g/mol. The number of thioether (sulfide) groups is 1. The highest BCUT2D eigenvalue weighted by Crippen LogP contribution is 2.32. The van der Waals surface area contributed by atoms with E-state index in [0.717, 1.165) is 22.6 Å². The lowest BCUT2D eigenvalue weighted by Gasteiger charge is -2.16. The summed E-state index contributed by atoms with van der Waals surface area (Å²) in [7, 11) is 0. The summed E-state index contributed by atoms with van der Waals surface area (Å²) in [6.45, 7) is 0. The zero-order valence-corrected chi connectivity index (χ0v) is 11.6. The van der Waals surface area contributed by atoms with E-state index < -0.39 is 17.8 Å². The molecule has 0 aliphatic carbocycles. The first-order valence-electron chi connectivity index (χ1n) is 5.99. The van der Waals surface area contributed by atoms with Crippen molar-refractivity contribution in [3.05, 3.63) is 65.2 Å². The SMILES string of the molecule is CSc1ccccc1C(N)c1ccc(C(F)(F)F)cc1. The molecule has 2 aromatic carbocycles. The largest absolute Gasteiger partial charge is 0.416 e. The molecule has 0 bridgehead atoms. The van der Waals surface area contributed by atoms with Crippen LogP contribution in [0.3, 0.4) is 0 Å². The Bertz CT molecular complexity index is 578. The van der Waals surface area contributed by atoms with Gasteiger partial charge in [-0.2, -0.15) is 13.2 Å². The van der Waals surface area contributed by atoms with Gasteiger partial charge in [-0.05, 0) is 35.6 Å². The monoisotopic (exact) mass is 297 g/mol. The molecule has 0 heterocycles. The lowest BCUT2D eigenvalue weighted by Crippen LogP contribution is -2.13. The van der Waals surface area contributed by atoms with Crippen LogP contribution in [0.5, 0.6) is 0 Å². The van der Waals surface area contributed by atoms with E-state index in [2.05, 4.69) is 0 Å². The minimum Gasteiger partial charge on any atom is -0.320 e. The number of nitrogens with two attached hydrogens (primary N) is 1. The smallest absolute Gasteiger partial charge is 0.320 e. The number of alkyl halides is 3. The molecular weight excluding hydrogens is 283 g/mol. The molecule has 0 saturated heterocycles. The van der Waals surface area contributed by atoms with Gasteiger partial charge in [0, 0.05) is 4.90 Å². The maximum Gasteiger partial charge on any atom is 0.416 e. The molecule has 5 heteroatoms. The van der Waals surface area contributed by atoms with Crippen molar-refractivity contribution in [2.24, 2.45) is 5.73 Å². The Morgan fingerprint density at radius 3 is 2.15 bits per heavy atom. The Labute approximate surface area is 120 Å². The summed E-state index contributed by atoms with van der Waals surface area (Å²) in [5.74, 6) is 0. The Kier molecular flexibility index (Phi) is 4.40. The Balaban J connectivity index is 2.32. The van der Waals surface area contributed by atoms with Crippen LogP contribution in [-0.2, 0) is 6.18 Å². The van der Waals surface area contributed by atoms with E-state index in [1.54, 1.807) is 11.8 Å². The quantitative estimate of drug-likeness (QED) is 0.846. The van der Waals surface area contributed by atoms with E-state index in [4.69, 9.17) is 5.73 Å². The lowest BCUT2D eigenvalue weighted by molar-refractivity contribution is -0.137. The fourth-order valence-corrected chi connectivity index (χ4v) is 2.63. The number of rotatable bonds is 3. The van der Waals surface area contributed by atoms with Gasteiger partial charge in [0.2, 0.25) is 0 Å². The van der Waals surface area contributed by atoms with Gasteiger partial charge >= 0.3 is 6.18 Å². The molecule has 0 spiro atoms. The summed E-state index contributed by atoms with van der Waals surface area (Å²) >= 11 is 1.57. The molecule has 0 aliphatic rings. The molecule has 106 valence electrons. The van der Waals surface area contributed by atoms with Crippen LogP contribution >= 0.6 is 11.8 Å². The summed E-state index contributed by atoms with van der Waals surface area (Å²) in [5.41, 5.74) is 7.08. The molecule has 0 aromatic heterocycles. The van der Waals surface area contributed by atoms with Crippen molar-refractivity contribution >= 4 is 11.8 Å². The van der Waals surface area contributed by atoms with E-state index in [1.807, 2.05) is 30.5 Å². The maximum absolute atomic E-state index is 12.5. The van der Waals surface area contributed by atoms with E-state index in [-0.39, 0.29) is 0 Å². The first kappa shape index (κ1) is 14.9. The zero-order chi connectivity index (χ0) is 14.8. The van der Waals surface area contributed by atoms with Gasteiger partial charge in [0.1, 0.15) is 0 Å². The first-order chi connectivity index (χ1) is 9.43. The van der Waals surface area contributed by atoms with Gasteiger partial charge in [0.05, 0.1) is 11.6 Å². The fraction of sp³-hybridized carbons (Fsp3) is 0.200. The van der Waals surface area contributed by atoms with Gasteiger partial charge < -0.3 is 5.73 Å². The summed E-state index contributed by atoms with van der Waals surface area (Å²) < 4.78 is 37.6. The highest BCUT2D eigenvalue weighted by atomic mass is 32.2. The second kappa shape index (κ2) is 5.89. The lowest BCUT2D eigenvalue weighted by atomic mass is 9.98. The van der Waals surface area contributed by atoms with E-state index >= 15 is 0 Å². The van der Waals surface area contributed by atoms with Crippen LogP contribution in [0.25, 0.3) is 0 Å². The third-order valence-corrected chi connectivity index (χ3v) is 3.88. The average Bonchev–Trinajstić information content (AvgIpc) is 2.45. The van der Waals surface area contributed by atoms with Gasteiger partial charge in [-0.3, -0.25) is 0 Å². The number of hydrogen-bond donors (Lipinski definition) is 1. The van der Waals surface area contributed by atoms with Crippen LogP contribution in [0.1, 0.15) is 22.7 Å². The van der Waals surface area contributed by atoms with Crippen molar-refractivity contribution in [2.75, 3.05) is 6.26 Å². The number of hydrogen-bond acceptors (Lipinski definition) is 2. The highest BCUT2D eigenvalue weighted by molar-refractivity contribution is 7.98. The van der Waals surface area contributed by atoms with Crippen LogP contribution < -0.4 is 5.73 Å². The molecule has 1 atom stereocenters. The van der Waals surface area contributed by atoms with E-state index in [9.17, 15) is 13.2 Å². The molecule has 0 saturated carbocycles. The van der Waals surface area contributed by atoms with Crippen molar-refractivity contribution < 1.29 is 13.2 Å². The Hall–Kier alpha value is -1.46. The molecule has 0 aliphatic heterocycles. The van der Waals surface area contributed by atoms with Gasteiger partial charge in [0.15, 0.2) is 0 Å². The van der Waals surface area contributed by atoms with E-state index in [1.165, 1.54) is 12.1 Å². The normalized spacial score (nSPS) is 13.2. The third kappa shape index (κ3) is 3.16. The van der Waals surface area contributed by atoms with Crippen molar-refractivity contribution in [3.63, 3.8) is 0 Å². The number of benzene rings is 2. The molecule has 0 amide bonds. The second-order valence-electron chi connectivity index (χ2n) is 4.34. The van der Waals surface area contributed by atoms with Crippen molar-refractivity contribution in [3.8, 4) is 0 Å². The molecule has 2 aromatic rings.